The molecule has 0 aliphatic heterocycles. The maximum absolute atomic E-state index is 10.9. The molecule has 0 amide bonds. The lowest BCUT2D eigenvalue weighted by Gasteiger charge is -2.10. The van der Waals surface area contributed by atoms with Crippen LogP contribution in [0.1, 0.15) is 20.3 Å². The third kappa shape index (κ3) is 6.78. The molecule has 8 heteroatoms. The van der Waals surface area contributed by atoms with E-state index in [0.29, 0.717) is 6.42 Å². The van der Waals surface area contributed by atoms with Crippen molar-refractivity contribution in [3.8, 4) is 0 Å². The molecule has 0 aromatic carbocycles. The number of hydrogen-bond donors (Lipinski definition) is 2. The predicted octanol–water partition coefficient (Wildman–Crippen LogP) is -0.363. The molecular weight excluding hydrogens is 214 g/mol. The van der Waals surface area contributed by atoms with Crippen molar-refractivity contribution in [1.82, 2.24) is 0 Å². The van der Waals surface area contributed by atoms with Gasteiger partial charge >= 0.3 is 16.4 Å². The SMILES string of the molecule is CC(C)CC(N)C(=O)OOS(=O)(=O)O. The molecule has 0 spiro atoms. The Kier molecular flexibility index (Phi) is 4.99. The molecule has 1 unspecified atom stereocenters. The highest BCUT2D eigenvalue weighted by Gasteiger charge is 2.20. The Labute approximate surface area is 82.1 Å². The zero-order chi connectivity index (χ0) is 11.4. The molecule has 0 saturated carbocycles. The minimum absolute atomic E-state index is 0.156. The molecule has 0 rings (SSSR count). The number of carbonyl (C=O) groups excluding carboxylic acids is 1. The van der Waals surface area contributed by atoms with Crippen LogP contribution in [0.3, 0.4) is 0 Å². The molecular formula is C6H13NO6S. The monoisotopic (exact) mass is 227 g/mol. The second-order valence-electron chi connectivity index (χ2n) is 3.13. The van der Waals surface area contributed by atoms with Crippen molar-refractivity contribution in [3.05, 3.63) is 0 Å². The molecule has 0 aliphatic rings. The molecule has 0 aromatic rings. The highest BCUT2D eigenvalue weighted by Crippen LogP contribution is 2.04. The Bertz CT molecular complexity index is 285. The number of hydrogen-bond acceptors (Lipinski definition) is 6. The maximum Gasteiger partial charge on any atom is 0.432 e. The van der Waals surface area contributed by atoms with E-state index >= 15 is 0 Å². The highest BCUT2D eigenvalue weighted by atomic mass is 32.3. The van der Waals surface area contributed by atoms with Gasteiger partial charge in [-0.15, -0.1) is 0 Å². The lowest BCUT2D eigenvalue weighted by Crippen LogP contribution is -2.34. The summed E-state index contributed by atoms with van der Waals surface area (Å²) in [4.78, 5) is 14.6. The lowest BCUT2D eigenvalue weighted by atomic mass is 10.1. The van der Waals surface area contributed by atoms with Crippen molar-refractivity contribution in [3.63, 3.8) is 0 Å². The van der Waals surface area contributed by atoms with Crippen LogP contribution in [0.4, 0.5) is 0 Å². The molecule has 0 saturated heterocycles. The molecule has 7 nitrogen and oxygen atoms in total. The topological polar surface area (TPSA) is 116 Å². The Balaban J connectivity index is 3.97. The Morgan fingerprint density at radius 3 is 2.36 bits per heavy atom. The first-order valence-electron chi connectivity index (χ1n) is 3.85. The lowest BCUT2D eigenvalue weighted by molar-refractivity contribution is -0.216. The van der Waals surface area contributed by atoms with Gasteiger partial charge in [0.25, 0.3) is 0 Å². The summed E-state index contributed by atoms with van der Waals surface area (Å²) in [6.07, 6.45) is 0.327. The maximum atomic E-state index is 10.9. The summed E-state index contributed by atoms with van der Waals surface area (Å²) in [5.74, 6) is -0.889. The van der Waals surface area contributed by atoms with Gasteiger partial charge in [-0.3, -0.25) is 9.44 Å². The second kappa shape index (κ2) is 5.25. The summed E-state index contributed by atoms with van der Waals surface area (Å²) in [7, 11) is -4.78. The third-order valence-corrected chi connectivity index (χ3v) is 1.47. The minimum atomic E-state index is -4.78. The Hall–Kier alpha value is -0.700. The Morgan fingerprint density at radius 2 is 2.00 bits per heavy atom. The van der Waals surface area contributed by atoms with Gasteiger partial charge in [-0.25, -0.2) is 4.79 Å². The highest BCUT2D eigenvalue weighted by molar-refractivity contribution is 7.80. The molecule has 3 N–H and O–H groups in total. The van der Waals surface area contributed by atoms with E-state index in [4.69, 9.17) is 10.3 Å². The quantitative estimate of drug-likeness (QED) is 0.374. The second-order valence-corrected chi connectivity index (χ2v) is 4.13. The van der Waals surface area contributed by atoms with Gasteiger partial charge in [0.05, 0.1) is 0 Å². The fourth-order valence-electron chi connectivity index (χ4n) is 0.742. The van der Waals surface area contributed by atoms with Crippen molar-refractivity contribution in [2.45, 2.75) is 26.3 Å². The number of carbonyl (C=O) groups is 1. The first-order valence-corrected chi connectivity index (χ1v) is 5.22. The summed E-state index contributed by atoms with van der Waals surface area (Å²) in [6.45, 7) is 3.66. The van der Waals surface area contributed by atoms with Crippen molar-refractivity contribution < 1.29 is 27.0 Å². The van der Waals surface area contributed by atoms with Gasteiger partial charge in [0.1, 0.15) is 6.04 Å². The zero-order valence-corrected chi connectivity index (χ0v) is 8.65. The van der Waals surface area contributed by atoms with E-state index in [2.05, 4.69) is 9.22 Å². The minimum Gasteiger partial charge on any atom is -0.318 e. The zero-order valence-electron chi connectivity index (χ0n) is 7.84. The van der Waals surface area contributed by atoms with Crippen molar-refractivity contribution >= 4 is 16.4 Å². The summed E-state index contributed by atoms with van der Waals surface area (Å²) in [6, 6.07) is -0.975. The van der Waals surface area contributed by atoms with E-state index in [1.54, 1.807) is 0 Å². The van der Waals surface area contributed by atoms with Gasteiger partial charge in [0.15, 0.2) is 0 Å². The molecule has 0 bridgehead atoms. The van der Waals surface area contributed by atoms with Gasteiger partial charge in [-0.2, -0.15) is 8.42 Å². The van der Waals surface area contributed by atoms with E-state index < -0.39 is 22.4 Å². The van der Waals surface area contributed by atoms with E-state index in [-0.39, 0.29) is 5.92 Å². The van der Waals surface area contributed by atoms with Crippen molar-refractivity contribution in [2.24, 2.45) is 11.7 Å². The van der Waals surface area contributed by atoms with E-state index in [1.807, 2.05) is 13.8 Å². The van der Waals surface area contributed by atoms with Crippen LogP contribution >= 0.6 is 0 Å². The summed E-state index contributed by atoms with van der Waals surface area (Å²) < 4.78 is 31.4. The first kappa shape index (κ1) is 13.3. The van der Waals surface area contributed by atoms with Crippen LogP contribution in [0.5, 0.6) is 0 Å². The first-order chi connectivity index (χ1) is 6.22. The number of rotatable bonds is 5. The van der Waals surface area contributed by atoms with Crippen LogP contribution in [0.2, 0.25) is 0 Å². The number of nitrogens with two attached hydrogens (primary N) is 1. The smallest absolute Gasteiger partial charge is 0.318 e. The van der Waals surface area contributed by atoms with Crippen molar-refractivity contribution in [1.29, 1.82) is 0 Å². The van der Waals surface area contributed by atoms with Gasteiger partial charge in [0.2, 0.25) is 0 Å². The molecule has 1 atom stereocenters. The van der Waals surface area contributed by atoms with E-state index in [1.165, 1.54) is 0 Å². The predicted molar refractivity (Wildman–Crippen MR) is 46.2 cm³/mol. The van der Waals surface area contributed by atoms with Gasteiger partial charge in [-0.05, 0) is 16.7 Å². The van der Waals surface area contributed by atoms with Crippen LogP contribution in [0, 0.1) is 5.92 Å². The van der Waals surface area contributed by atoms with Crippen LogP contribution in [-0.4, -0.2) is 25.0 Å². The van der Waals surface area contributed by atoms with Crippen LogP contribution in [0.15, 0.2) is 0 Å². The molecule has 0 fully saturated rings. The van der Waals surface area contributed by atoms with Gasteiger partial charge in [-0.1, -0.05) is 13.8 Å². The fourth-order valence-corrected chi connectivity index (χ4v) is 0.895. The fraction of sp³-hybridized carbons (Fsp3) is 0.833. The van der Waals surface area contributed by atoms with E-state index in [0.717, 1.165) is 0 Å². The average Bonchev–Trinajstić information content (AvgIpc) is 1.97. The normalized spacial score (nSPS) is 14.1. The average molecular weight is 227 g/mol. The standard InChI is InChI=1S/C6H13NO6S/c1-4(2)3-5(7)6(8)12-13-14(9,10)11/h4-5H,3,7H2,1-2H3,(H,9,10,11). The van der Waals surface area contributed by atoms with E-state index in [9.17, 15) is 13.2 Å². The molecule has 0 aromatic heterocycles. The molecule has 84 valence electrons. The molecule has 0 aliphatic carbocycles. The van der Waals surface area contributed by atoms with Crippen LogP contribution in [0.25, 0.3) is 0 Å². The Morgan fingerprint density at radius 1 is 1.50 bits per heavy atom. The summed E-state index contributed by atoms with van der Waals surface area (Å²) >= 11 is 0. The molecule has 0 heterocycles. The van der Waals surface area contributed by atoms with Gasteiger partial charge < -0.3 is 5.73 Å². The molecule has 14 heavy (non-hydrogen) atoms. The largest absolute Gasteiger partial charge is 0.432 e. The van der Waals surface area contributed by atoms with Crippen LogP contribution in [-0.2, 0) is 24.4 Å². The summed E-state index contributed by atoms with van der Waals surface area (Å²) in [5.41, 5.74) is 5.32. The van der Waals surface area contributed by atoms with Crippen molar-refractivity contribution in [2.75, 3.05) is 0 Å². The molecule has 0 radical (unpaired) electrons. The third-order valence-electron chi connectivity index (χ3n) is 1.23. The summed E-state index contributed by atoms with van der Waals surface area (Å²) in [5, 5.41) is 0. The van der Waals surface area contributed by atoms with Gasteiger partial charge in [0, 0.05) is 0 Å². The van der Waals surface area contributed by atoms with Crippen LogP contribution < -0.4 is 5.73 Å².